The minimum absolute atomic E-state index is 0.674. The summed E-state index contributed by atoms with van der Waals surface area (Å²) >= 11 is 0. The molecule has 0 aromatic heterocycles. The normalized spacial score (nSPS) is 32.9. The molecule has 11 heavy (non-hydrogen) atoms. The zero-order chi connectivity index (χ0) is 8.10. The first kappa shape index (κ1) is 8.72. The van der Waals surface area contributed by atoms with Crippen LogP contribution >= 0.6 is 0 Å². The van der Waals surface area contributed by atoms with E-state index in [0.717, 1.165) is 0 Å². The fourth-order valence-corrected chi connectivity index (χ4v) is 1.89. The second-order valence-electron chi connectivity index (χ2n) is 3.25. The summed E-state index contributed by atoms with van der Waals surface area (Å²) in [4.78, 5) is 4.09. The lowest BCUT2D eigenvalue weighted by atomic mass is 9.85. The van der Waals surface area contributed by atoms with Crippen LogP contribution in [0.15, 0.2) is 4.99 Å². The third kappa shape index (κ3) is 2.29. The van der Waals surface area contributed by atoms with Crippen molar-refractivity contribution < 1.29 is 0 Å². The van der Waals surface area contributed by atoms with Gasteiger partial charge in [0, 0.05) is 25.2 Å². The lowest BCUT2D eigenvalue weighted by molar-refractivity contribution is 0.343. The van der Waals surface area contributed by atoms with Crippen LogP contribution in [-0.2, 0) is 0 Å². The molecule has 0 saturated heterocycles. The average molecular weight is 154 g/mol. The molecule has 1 fully saturated rings. The molecular formula is C9H18N2. The van der Waals surface area contributed by atoms with Gasteiger partial charge in [0.25, 0.3) is 0 Å². The van der Waals surface area contributed by atoms with Crippen molar-refractivity contribution in [2.45, 2.75) is 31.7 Å². The molecular weight excluding hydrogens is 136 g/mol. The van der Waals surface area contributed by atoms with E-state index in [1.807, 2.05) is 14.1 Å². The fourth-order valence-electron chi connectivity index (χ4n) is 1.89. The minimum atomic E-state index is 0.674. The number of aliphatic imine (C=N–C) groups is 1. The van der Waals surface area contributed by atoms with Crippen LogP contribution in [-0.4, -0.2) is 26.4 Å². The summed E-state index contributed by atoms with van der Waals surface area (Å²) in [5, 5.41) is 3.35. The molecule has 0 heterocycles. The lowest BCUT2D eigenvalue weighted by Gasteiger charge is -2.28. The predicted molar refractivity (Wildman–Crippen MR) is 49.2 cm³/mol. The third-order valence-corrected chi connectivity index (χ3v) is 2.53. The van der Waals surface area contributed by atoms with E-state index >= 15 is 0 Å². The van der Waals surface area contributed by atoms with Crippen molar-refractivity contribution in [2.75, 3.05) is 14.1 Å². The van der Waals surface area contributed by atoms with E-state index in [9.17, 15) is 0 Å². The Bertz CT molecular complexity index is 132. The van der Waals surface area contributed by atoms with Gasteiger partial charge in [0.15, 0.2) is 0 Å². The Labute approximate surface area is 69.1 Å². The molecule has 0 aromatic rings. The van der Waals surface area contributed by atoms with Crippen LogP contribution in [0.2, 0.25) is 0 Å². The molecule has 0 amide bonds. The van der Waals surface area contributed by atoms with Crippen LogP contribution in [0.25, 0.3) is 0 Å². The van der Waals surface area contributed by atoms with Gasteiger partial charge in [-0.15, -0.1) is 0 Å². The molecule has 0 aliphatic heterocycles. The zero-order valence-corrected chi connectivity index (χ0v) is 7.51. The number of rotatable bonds is 2. The highest BCUT2D eigenvalue weighted by atomic mass is 14.9. The van der Waals surface area contributed by atoms with Crippen molar-refractivity contribution in [2.24, 2.45) is 10.9 Å². The van der Waals surface area contributed by atoms with E-state index in [4.69, 9.17) is 0 Å². The Hall–Kier alpha value is -0.370. The molecule has 0 unspecified atom stereocenters. The highest BCUT2D eigenvalue weighted by Crippen LogP contribution is 2.22. The quantitative estimate of drug-likeness (QED) is 0.598. The first-order valence-corrected chi connectivity index (χ1v) is 4.48. The molecule has 2 heteroatoms. The summed E-state index contributed by atoms with van der Waals surface area (Å²) in [6.07, 6.45) is 7.46. The molecule has 0 aromatic carbocycles. The largest absolute Gasteiger partial charge is 0.316 e. The van der Waals surface area contributed by atoms with Crippen LogP contribution in [0.5, 0.6) is 0 Å². The molecule has 1 aliphatic carbocycles. The van der Waals surface area contributed by atoms with E-state index in [2.05, 4.69) is 16.5 Å². The maximum Gasteiger partial charge on any atom is 0.0273 e. The SMILES string of the molecule is C/N=C/[C@H]1CCCC[C@@H]1NC. The van der Waals surface area contributed by atoms with Crippen LogP contribution < -0.4 is 5.32 Å². The molecule has 0 radical (unpaired) electrons. The molecule has 2 atom stereocenters. The summed E-state index contributed by atoms with van der Waals surface area (Å²) in [6, 6.07) is 0.674. The van der Waals surface area contributed by atoms with Crippen molar-refractivity contribution in [3.63, 3.8) is 0 Å². The molecule has 1 saturated carbocycles. The summed E-state index contributed by atoms with van der Waals surface area (Å²) < 4.78 is 0. The number of nitrogens with zero attached hydrogens (tertiary/aromatic N) is 1. The smallest absolute Gasteiger partial charge is 0.0273 e. The van der Waals surface area contributed by atoms with E-state index in [-0.39, 0.29) is 0 Å². The minimum Gasteiger partial charge on any atom is -0.316 e. The molecule has 1 N–H and O–H groups in total. The topological polar surface area (TPSA) is 24.4 Å². The van der Waals surface area contributed by atoms with Crippen LogP contribution in [0.4, 0.5) is 0 Å². The Morgan fingerprint density at radius 3 is 2.73 bits per heavy atom. The Kier molecular flexibility index (Phi) is 3.57. The fraction of sp³-hybridized carbons (Fsp3) is 0.889. The van der Waals surface area contributed by atoms with Crippen LogP contribution in [0.1, 0.15) is 25.7 Å². The van der Waals surface area contributed by atoms with E-state index in [1.165, 1.54) is 25.7 Å². The molecule has 1 rings (SSSR count). The van der Waals surface area contributed by atoms with Crippen molar-refractivity contribution in [1.29, 1.82) is 0 Å². The van der Waals surface area contributed by atoms with Gasteiger partial charge < -0.3 is 10.3 Å². The second kappa shape index (κ2) is 4.50. The summed E-state index contributed by atoms with van der Waals surface area (Å²) in [7, 11) is 3.91. The van der Waals surface area contributed by atoms with Gasteiger partial charge in [-0.3, -0.25) is 0 Å². The summed E-state index contributed by atoms with van der Waals surface area (Å²) in [5.74, 6) is 0.679. The first-order chi connectivity index (χ1) is 5.38. The van der Waals surface area contributed by atoms with E-state index in [0.29, 0.717) is 12.0 Å². The summed E-state index contributed by atoms with van der Waals surface area (Å²) in [5.41, 5.74) is 0. The Morgan fingerprint density at radius 2 is 2.09 bits per heavy atom. The molecule has 1 aliphatic rings. The maximum absolute atomic E-state index is 4.09. The standard InChI is InChI=1S/C9H18N2/c1-10-7-8-5-3-4-6-9(8)11-2/h7-9,11H,3-6H2,1-2H3/b10-7+/t8-,9+/m1/s1. The molecule has 64 valence electrons. The van der Waals surface area contributed by atoms with Crippen LogP contribution in [0, 0.1) is 5.92 Å². The average Bonchev–Trinajstić information content (AvgIpc) is 2.06. The monoisotopic (exact) mass is 154 g/mol. The van der Waals surface area contributed by atoms with Gasteiger partial charge in [0.05, 0.1) is 0 Å². The van der Waals surface area contributed by atoms with Crippen LogP contribution in [0.3, 0.4) is 0 Å². The van der Waals surface area contributed by atoms with Gasteiger partial charge in [-0.2, -0.15) is 0 Å². The van der Waals surface area contributed by atoms with Gasteiger partial charge >= 0.3 is 0 Å². The summed E-state index contributed by atoms with van der Waals surface area (Å²) in [6.45, 7) is 0. The van der Waals surface area contributed by atoms with Crippen molar-refractivity contribution in [1.82, 2.24) is 5.32 Å². The predicted octanol–water partition coefficient (Wildman–Crippen LogP) is 1.47. The van der Waals surface area contributed by atoms with Gasteiger partial charge in [0.1, 0.15) is 0 Å². The van der Waals surface area contributed by atoms with E-state index < -0.39 is 0 Å². The third-order valence-electron chi connectivity index (χ3n) is 2.53. The zero-order valence-electron chi connectivity index (χ0n) is 7.51. The van der Waals surface area contributed by atoms with Crippen molar-refractivity contribution in [3.8, 4) is 0 Å². The molecule has 2 nitrogen and oxygen atoms in total. The highest BCUT2D eigenvalue weighted by Gasteiger charge is 2.21. The van der Waals surface area contributed by atoms with Crippen molar-refractivity contribution in [3.05, 3.63) is 0 Å². The number of hydrogen-bond acceptors (Lipinski definition) is 2. The molecule has 0 bridgehead atoms. The van der Waals surface area contributed by atoms with Gasteiger partial charge in [-0.05, 0) is 19.9 Å². The second-order valence-corrected chi connectivity index (χ2v) is 3.25. The van der Waals surface area contributed by atoms with Gasteiger partial charge in [-0.1, -0.05) is 12.8 Å². The van der Waals surface area contributed by atoms with Crippen molar-refractivity contribution >= 4 is 6.21 Å². The Balaban J connectivity index is 2.44. The number of nitrogens with one attached hydrogen (secondary N) is 1. The first-order valence-electron chi connectivity index (χ1n) is 4.48. The highest BCUT2D eigenvalue weighted by molar-refractivity contribution is 5.61. The molecule has 0 spiro atoms. The van der Waals surface area contributed by atoms with E-state index in [1.54, 1.807) is 0 Å². The van der Waals surface area contributed by atoms with Gasteiger partial charge in [0.2, 0.25) is 0 Å². The number of hydrogen-bond donors (Lipinski definition) is 1. The Morgan fingerprint density at radius 1 is 1.36 bits per heavy atom. The maximum atomic E-state index is 4.09. The lowest BCUT2D eigenvalue weighted by Crippen LogP contribution is -2.36. The van der Waals surface area contributed by atoms with Gasteiger partial charge in [-0.25, -0.2) is 0 Å².